The maximum Gasteiger partial charge on any atom is 0.387 e. The second-order valence-electron chi connectivity index (χ2n) is 7.03. The molecular weight excluding hydrogens is 368 g/mol. The van der Waals surface area contributed by atoms with Gasteiger partial charge in [-0.05, 0) is 55.3 Å². The normalized spacial score (nSPS) is 19.0. The van der Waals surface area contributed by atoms with E-state index in [-0.39, 0.29) is 24.2 Å². The Hall–Kier alpha value is -2.67. The van der Waals surface area contributed by atoms with Crippen molar-refractivity contribution < 1.29 is 27.8 Å². The maximum atomic E-state index is 12.9. The molecule has 1 saturated heterocycles. The van der Waals surface area contributed by atoms with E-state index in [2.05, 4.69) is 9.64 Å². The lowest BCUT2D eigenvalue weighted by Crippen LogP contribution is -2.38. The van der Waals surface area contributed by atoms with Crippen molar-refractivity contribution in [3.8, 4) is 17.2 Å². The lowest BCUT2D eigenvalue weighted by Gasteiger charge is -2.32. The molecule has 1 fully saturated rings. The van der Waals surface area contributed by atoms with Crippen molar-refractivity contribution in [3.05, 3.63) is 53.6 Å². The standard InChI is InChI=1S/C21H21F2NO4/c22-21(23)28-17-6-3-14(4-7-17)11-24-9-1-2-16(12-24)20(25)15-5-8-18-19(10-15)27-13-26-18/h3-8,10,16,21H,1-2,9,11-13H2/t16-/m1/s1. The summed E-state index contributed by atoms with van der Waals surface area (Å²) < 4.78 is 39.5. The van der Waals surface area contributed by atoms with Crippen molar-refractivity contribution in [1.82, 2.24) is 4.90 Å². The number of hydrogen-bond acceptors (Lipinski definition) is 5. The van der Waals surface area contributed by atoms with Crippen LogP contribution in [0.15, 0.2) is 42.5 Å². The van der Waals surface area contributed by atoms with Crippen molar-refractivity contribution in [3.63, 3.8) is 0 Å². The van der Waals surface area contributed by atoms with Crippen LogP contribution in [-0.2, 0) is 6.54 Å². The van der Waals surface area contributed by atoms with Gasteiger partial charge < -0.3 is 14.2 Å². The molecule has 2 aromatic carbocycles. The van der Waals surface area contributed by atoms with Crippen LogP contribution in [0, 0.1) is 5.92 Å². The summed E-state index contributed by atoms with van der Waals surface area (Å²) in [7, 11) is 0. The topological polar surface area (TPSA) is 48.0 Å². The number of benzene rings is 2. The first-order chi connectivity index (χ1) is 13.6. The fraction of sp³-hybridized carbons (Fsp3) is 0.381. The number of rotatable bonds is 6. The second kappa shape index (κ2) is 8.14. The molecule has 0 spiro atoms. The Morgan fingerprint density at radius 2 is 1.93 bits per heavy atom. The van der Waals surface area contributed by atoms with Gasteiger partial charge in [-0.2, -0.15) is 8.78 Å². The molecule has 0 N–H and O–H groups in total. The number of alkyl halides is 2. The molecule has 0 bridgehead atoms. The Kier molecular flexibility index (Phi) is 5.43. The first-order valence-corrected chi connectivity index (χ1v) is 9.28. The predicted octanol–water partition coefficient (Wildman–Crippen LogP) is 4.11. The van der Waals surface area contributed by atoms with Crippen LogP contribution in [-0.4, -0.2) is 37.2 Å². The summed E-state index contributed by atoms with van der Waals surface area (Å²) in [6.07, 6.45) is 1.79. The van der Waals surface area contributed by atoms with Crippen molar-refractivity contribution in [2.45, 2.75) is 26.0 Å². The first kappa shape index (κ1) is 18.7. The van der Waals surface area contributed by atoms with E-state index in [0.717, 1.165) is 24.9 Å². The zero-order chi connectivity index (χ0) is 19.5. The minimum absolute atomic E-state index is 0.0736. The minimum atomic E-state index is -2.82. The minimum Gasteiger partial charge on any atom is -0.454 e. The van der Waals surface area contributed by atoms with Gasteiger partial charge in [0, 0.05) is 24.6 Å². The third kappa shape index (κ3) is 4.25. The van der Waals surface area contributed by atoms with Gasteiger partial charge in [0.05, 0.1) is 0 Å². The molecule has 2 heterocycles. The van der Waals surface area contributed by atoms with E-state index in [1.807, 2.05) is 0 Å². The van der Waals surface area contributed by atoms with Gasteiger partial charge in [-0.25, -0.2) is 0 Å². The third-order valence-electron chi connectivity index (χ3n) is 5.09. The van der Waals surface area contributed by atoms with Gasteiger partial charge in [0.15, 0.2) is 17.3 Å². The molecule has 5 nitrogen and oxygen atoms in total. The average molecular weight is 389 g/mol. The van der Waals surface area contributed by atoms with Crippen LogP contribution in [0.25, 0.3) is 0 Å². The molecule has 7 heteroatoms. The number of fused-ring (bicyclic) bond motifs is 1. The number of ether oxygens (including phenoxy) is 3. The van der Waals surface area contributed by atoms with E-state index < -0.39 is 6.61 Å². The Balaban J connectivity index is 1.38. The van der Waals surface area contributed by atoms with Crippen LogP contribution in [0.3, 0.4) is 0 Å². The highest BCUT2D eigenvalue weighted by atomic mass is 19.3. The molecular formula is C21H21F2NO4. The monoisotopic (exact) mass is 389 g/mol. The number of carbonyl (C=O) groups excluding carboxylic acids is 1. The quantitative estimate of drug-likeness (QED) is 0.696. The zero-order valence-corrected chi connectivity index (χ0v) is 15.3. The lowest BCUT2D eigenvalue weighted by molar-refractivity contribution is -0.0498. The predicted molar refractivity (Wildman–Crippen MR) is 98.0 cm³/mol. The largest absolute Gasteiger partial charge is 0.454 e. The highest BCUT2D eigenvalue weighted by Crippen LogP contribution is 2.34. The van der Waals surface area contributed by atoms with Crippen LogP contribution in [0.5, 0.6) is 17.2 Å². The fourth-order valence-corrected chi connectivity index (χ4v) is 3.73. The van der Waals surface area contributed by atoms with Gasteiger partial charge in [0.25, 0.3) is 0 Å². The maximum absolute atomic E-state index is 12.9. The van der Waals surface area contributed by atoms with E-state index >= 15 is 0 Å². The first-order valence-electron chi connectivity index (χ1n) is 9.28. The van der Waals surface area contributed by atoms with Crippen LogP contribution in [0.4, 0.5) is 8.78 Å². The highest BCUT2D eigenvalue weighted by Gasteiger charge is 2.28. The fourth-order valence-electron chi connectivity index (χ4n) is 3.73. The van der Waals surface area contributed by atoms with Crippen molar-refractivity contribution >= 4 is 5.78 Å². The summed E-state index contributed by atoms with van der Waals surface area (Å²) in [5, 5.41) is 0. The molecule has 0 radical (unpaired) electrons. The number of halogens is 2. The number of nitrogens with zero attached hydrogens (tertiary/aromatic N) is 1. The molecule has 0 aromatic heterocycles. The molecule has 2 aliphatic heterocycles. The zero-order valence-electron chi connectivity index (χ0n) is 15.3. The van der Waals surface area contributed by atoms with Gasteiger partial charge in [-0.3, -0.25) is 9.69 Å². The summed E-state index contributed by atoms with van der Waals surface area (Å²) in [5.41, 5.74) is 1.64. The second-order valence-corrected chi connectivity index (χ2v) is 7.03. The molecule has 4 rings (SSSR count). The smallest absolute Gasteiger partial charge is 0.387 e. The number of carbonyl (C=O) groups is 1. The molecule has 0 amide bonds. The van der Waals surface area contributed by atoms with Gasteiger partial charge in [-0.1, -0.05) is 12.1 Å². The van der Waals surface area contributed by atoms with Crippen molar-refractivity contribution in [1.29, 1.82) is 0 Å². The molecule has 0 aliphatic carbocycles. The highest BCUT2D eigenvalue weighted by molar-refractivity contribution is 5.98. The summed E-state index contributed by atoms with van der Waals surface area (Å²) in [6.45, 7) is -0.399. The summed E-state index contributed by atoms with van der Waals surface area (Å²) in [4.78, 5) is 15.2. The molecule has 0 saturated carbocycles. The van der Waals surface area contributed by atoms with Crippen LogP contribution >= 0.6 is 0 Å². The molecule has 148 valence electrons. The Morgan fingerprint density at radius 1 is 1.14 bits per heavy atom. The number of piperidine rings is 1. The van der Waals surface area contributed by atoms with E-state index in [9.17, 15) is 13.6 Å². The van der Waals surface area contributed by atoms with Gasteiger partial charge in [0.1, 0.15) is 5.75 Å². The van der Waals surface area contributed by atoms with E-state index in [1.165, 1.54) is 0 Å². The Labute approximate surface area is 161 Å². The third-order valence-corrected chi connectivity index (χ3v) is 5.09. The molecule has 0 unspecified atom stereocenters. The number of likely N-dealkylation sites (tertiary alicyclic amines) is 1. The summed E-state index contributed by atoms with van der Waals surface area (Å²) in [6, 6.07) is 12.0. The SMILES string of the molecule is O=C(c1ccc2c(c1)OCO2)[C@@H]1CCCN(Cc2ccc(OC(F)F)cc2)C1. The number of Topliss-reactive ketones (excluding diaryl/α,β-unsaturated/α-hetero) is 1. The molecule has 2 aliphatic rings. The van der Waals surface area contributed by atoms with Gasteiger partial charge in [0.2, 0.25) is 6.79 Å². The molecule has 1 atom stereocenters. The van der Waals surface area contributed by atoms with E-state index in [0.29, 0.717) is 30.2 Å². The molecule has 28 heavy (non-hydrogen) atoms. The van der Waals surface area contributed by atoms with Crippen molar-refractivity contribution in [2.75, 3.05) is 19.9 Å². The Morgan fingerprint density at radius 3 is 2.71 bits per heavy atom. The van der Waals surface area contributed by atoms with Crippen molar-refractivity contribution in [2.24, 2.45) is 5.92 Å². The summed E-state index contributed by atoms with van der Waals surface area (Å²) in [5.74, 6) is 1.47. The summed E-state index contributed by atoms with van der Waals surface area (Å²) >= 11 is 0. The van der Waals surface area contributed by atoms with Crippen LogP contribution < -0.4 is 14.2 Å². The van der Waals surface area contributed by atoms with Gasteiger partial charge >= 0.3 is 6.61 Å². The lowest BCUT2D eigenvalue weighted by atomic mass is 9.89. The van der Waals surface area contributed by atoms with E-state index in [1.54, 1.807) is 42.5 Å². The van der Waals surface area contributed by atoms with Crippen LogP contribution in [0.1, 0.15) is 28.8 Å². The van der Waals surface area contributed by atoms with Crippen LogP contribution in [0.2, 0.25) is 0 Å². The number of hydrogen-bond donors (Lipinski definition) is 0. The molecule has 2 aromatic rings. The van der Waals surface area contributed by atoms with E-state index in [4.69, 9.17) is 9.47 Å². The number of ketones is 1. The average Bonchev–Trinajstić information content (AvgIpc) is 3.16. The Bertz CT molecular complexity index is 841. The van der Waals surface area contributed by atoms with Gasteiger partial charge in [-0.15, -0.1) is 0 Å².